The van der Waals surface area contributed by atoms with Gasteiger partial charge >= 0.3 is 0 Å². The summed E-state index contributed by atoms with van der Waals surface area (Å²) in [5, 5.41) is 11.6. The van der Waals surface area contributed by atoms with Crippen LogP contribution >= 0.6 is 0 Å². The number of rotatable bonds is 2. The number of aliphatic hydroxyl groups excluding tert-OH is 1. The first-order valence-electron chi connectivity index (χ1n) is 6.40. The van der Waals surface area contributed by atoms with Crippen LogP contribution in [0.2, 0.25) is 0 Å². The lowest BCUT2D eigenvalue weighted by Crippen LogP contribution is -2.06. The van der Waals surface area contributed by atoms with Crippen LogP contribution in [0, 0.1) is 6.92 Å². The van der Waals surface area contributed by atoms with Crippen molar-refractivity contribution in [1.29, 1.82) is 0 Å². The molecule has 3 N–H and O–H groups in total. The molecule has 3 rings (SSSR count). The zero-order valence-electron chi connectivity index (χ0n) is 11.1. The Bertz CT molecular complexity index is 765. The fraction of sp³-hybridized carbons (Fsp3) is 0.125. The smallest absolute Gasteiger partial charge is 0.129 e. The molecule has 20 heavy (non-hydrogen) atoms. The Hall–Kier alpha value is -2.46. The minimum atomic E-state index is -0.810. The summed E-state index contributed by atoms with van der Waals surface area (Å²) in [4.78, 5) is 8.41. The van der Waals surface area contributed by atoms with E-state index in [0.29, 0.717) is 11.4 Å². The predicted molar refractivity (Wildman–Crippen MR) is 79.2 cm³/mol. The standard InChI is InChI=1S/C16H15N3O/c1-10-8-13(16(17)19-9-10)15(20)12-6-7-18-14-5-3-2-4-11(12)14/h2-9,15,20H,1H3,(H2,17,19). The third-order valence-corrected chi connectivity index (χ3v) is 3.36. The molecule has 3 aromatic rings. The third kappa shape index (κ3) is 2.10. The van der Waals surface area contributed by atoms with E-state index in [1.807, 2.05) is 43.3 Å². The van der Waals surface area contributed by atoms with E-state index in [4.69, 9.17) is 5.73 Å². The number of anilines is 1. The molecule has 4 nitrogen and oxygen atoms in total. The lowest BCUT2D eigenvalue weighted by atomic mass is 9.98. The van der Waals surface area contributed by atoms with Crippen LogP contribution in [-0.2, 0) is 0 Å². The third-order valence-electron chi connectivity index (χ3n) is 3.36. The molecule has 0 saturated carbocycles. The Labute approximate surface area is 116 Å². The monoisotopic (exact) mass is 265 g/mol. The predicted octanol–water partition coefficient (Wildman–Crippen LogP) is 2.60. The second-order valence-corrected chi connectivity index (χ2v) is 4.81. The summed E-state index contributed by atoms with van der Waals surface area (Å²) in [6.45, 7) is 1.92. The molecule has 0 bridgehead atoms. The van der Waals surface area contributed by atoms with Gasteiger partial charge in [0.25, 0.3) is 0 Å². The van der Waals surface area contributed by atoms with Crippen molar-refractivity contribution in [2.24, 2.45) is 0 Å². The maximum Gasteiger partial charge on any atom is 0.129 e. The molecule has 4 heteroatoms. The molecule has 0 aliphatic carbocycles. The summed E-state index contributed by atoms with van der Waals surface area (Å²) in [5.41, 5.74) is 9.11. The van der Waals surface area contributed by atoms with Crippen molar-refractivity contribution in [3.05, 3.63) is 65.5 Å². The van der Waals surface area contributed by atoms with Crippen molar-refractivity contribution in [2.75, 3.05) is 5.73 Å². The van der Waals surface area contributed by atoms with Gasteiger partial charge in [0.1, 0.15) is 11.9 Å². The van der Waals surface area contributed by atoms with Crippen molar-refractivity contribution >= 4 is 16.7 Å². The maximum atomic E-state index is 10.6. The van der Waals surface area contributed by atoms with E-state index in [1.165, 1.54) is 0 Å². The molecule has 100 valence electrons. The van der Waals surface area contributed by atoms with E-state index in [-0.39, 0.29) is 0 Å². The van der Waals surface area contributed by atoms with E-state index in [0.717, 1.165) is 22.0 Å². The zero-order chi connectivity index (χ0) is 14.1. The van der Waals surface area contributed by atoms with Gasteiger partial charge in [-0.3, -0.25) is 4.98 Å². The number of para-hydroxylation sites is 1. The highest BCUT2D eigenvalue weighted by molar-refractivity contribution is 5.82. The molecule has 1 unspecified atom stereocenters. The first-order chi connectivity index (χ1) is 9.66. The Morgan fingerprint density at radius 1 is 1.10 bits per heavy atom. The van der Waals surface area contributed by atoms with Gasteiger partial charge in [0.2, 0.25) is 0 Å². The minimum Gasteiger partial charge on any atom is -0.383 e. The summed E-state index contributed by atoms with van der Waals surface area (Å²) in [6, 6.07) is 11.4. The number of benzene rings is 1. The van der Waals surface area contributed by atoms with E-state index in [1.54, 1.807) is 12.4 Å². The summed E-state index contributed by atoms with van der Waals surface area (Å²) < 4.78 is 0. The van der Waals surface area contributed by atoms with Crippen molar-refractivity contribution in [3.63, 3.8) is 0 Å². The van der Waals surface area contributed by atoms with Crippen LogP contribution in [0.5, 0.6) is 0 Å². The summed E-state index contributed by atoms with van der Waals surface area (Å²) in [5.74, 6) is 0.351. The molecule has 2 aromatic heterocycles. The number of pyridine rings is 2. The van der Waals surface area contributed by atoms with Gasteiger partial charge in [-0.15, -0.1) is 0 Å². The number of nitrogen functional groups attached to an aromatic ring is 1. The Balaban J connectivity index is 2.17. The largest absolute Gasteiger partial charge is 0.383 e. The average Bonchev–Trinajstić information content (AvgIpc) is 2.48. The fourth-order valence-corrected chi connectivity index (χ4v) is 2.35. The summed E-state index contributed by atoms with van der Waals surface area (Å²) in [6.07, 6.45) is 2.58. The summed E-state index contributed by atoms with van der Waals surface area (Å²) in [7, 11) is 0. The lowest BCUT2D eigenvalue weighted by molar-refractivity contribution is 0.222. The van der Waals surface area contributed by atoms with Crippen molar-refractivity contribution in [2.45, 2.75) is 13.0 Å². The van der Waals surface area contributed by atoms with Gasteiger partial charge < -0.3 is 10.8 Å². The SMILES string of the molecule is Cc1cnc(N)c(C(O)c2ccnc3ccccc23)c1. The highest BCUT2D eigenvalue weighted by Crippen LogP contribution is 2.30. The van der Waals surface area contributed by atoms with Crippen LogP contribution in [0.4, 0.5) is 5.82 Å². The lowest BCUT2D eigenvalue weighted by Gasteiger charge is -2.15. The Kier molecular flexibility index (Phi) is 3.08. The van der Waals surface area contributed by atoms with E-state index >= 15 is 0 Å². The van der Waals surface area contributed by atoms with Gasteiger partial charge in [-0.25, -0.2) is 4.98 Å². The number of fused-ring (bicyclic) bond motifs is 1. The second kappa shape index (κ2) is 4.90. The van der Waals surface area contributed by atoms with Crippen LogP contribution < -0.4 is 5.73 Å². The minimum absolute atomic E-state index is 0.351. The van der Waals surface area contributed by atoms with Crippen molar-refractivity contribution in [1.82, 2.24) is 9.97 Å². The Morgan fingerprint density at radius 2 is 1.90 bits per heavy atom. The fourth-order valence-electron chi connectivity index (χ4n) is 2.35. The molecule has 0 radical (unpaired) electrons. The molecule has 0 aliphatic heterocycles. The molecule has 2 heterocycles. The first-order valence-corrected chi connectivity index (χ1v) is 6.40. The number of hydrogen-bond donors (Lipinski definition) is 2. The molecular weight excluding hydrogens is 250 g/mol. The topological polar surface area (TPSA) is 72.0 Å². The zero-order valence-corrected chi connectivity index (χ0v) is 11.1. The quantitative estimate of drug-likeness (QED) is 0.747. The molecule has 0 amide bonds. The molecule has 1 atom stereocenters. The first kappa shape index (κ1) is 12.6. The van der Waals surface area contributed by atoms with Crippen molar-refractivity contribution in [3.8, 4) is 0 Å². The van der Waals surface area contributed by atoms with Gasteiger partial charge in [-0.1, -0.05) is 18.2 Å². The van der Waals surface area contributed by atoms with Crippen LogP contribution in [0.1, 0.15) is 22.8 Å². The normalized spacial score (nSPS) is 12.5. The van der Waals surface area contributed by atoms with Gasteiger partial charge in [0.05, 0.1) is 5.52 Å². The van der Waals surface area contributed by atoms with Crippen LogP contribution in [0.15, 0.2) is 48.8 Å². The molecule has 0 spiro atoms. The van der Waals surface area contributed by atoms with E-state index in [9.17, 15) is 5.11 Å². The van der Waals surface area contributed by atoms with Crippen LogP contribution in [0.25, 0.3) is 10.9 Å². The molecule has 0 saturated heterocycles. The van der Waals surface area contributed by atoms with Gasteiger partial charge in [-0.2, -0.15) is 0 Å². The summed E-state index contributed by atoms with van der Waals surface area (Å²) >= 11 is 0. The number of nitrogens with two attached hydrogens (primary N) is 1. The number of nitrogens with zero attached hydrogens (tertiary/aromatic N) is 2. The Morgan fingerprint density at radius 3 is 2.75 bits per heavy atom. The number of hydrogen-bond acceptors (Lipinski definition) is 4. The molecule has 0 aliphatic rings. The molecule has 0 fully saturated rings. The van der Waals surface area contributed by atoms with E-state index < -0.39 is 6.10 Å². The highest BCUT2D eigenvalue weighted by atomic mass is 16.3. The number of aryl methyl sites for hydroxylation is 1. The average molecular weight is 265 g/mol. The number of aliphatic hydroxyl groups is 1. The maximum absolute atomic E-state index is 10.6. The van der Waals surface area contributed by atoms with Gasteiger partial charge in [0.15, 0.2) is 0 Å². The van der Waals surface area contributed by atoms with Gasteiger partial charge in [-0.05, 0) is 36.2 Å². The molecule has 1 aromatic carbocycles. The highest BCUT2D eigenvalue weighted by Gasteiger charge is 2.17. The van der Waals surface area contributed by atoms with Crippen LogP contribution in [0.3, 0.4) is 0 Å². The number of aromatic nitrogens is 2. The molecular formula is C16H15N3O. The van der Waals surface area contributed by atoms with E-state index in [2.05, 4.69) is 9.97 Å². The second-order valence-electron chi connectivity index (χ2n) is 4.81. The van der Waals surface area contributed by atoms with Crippen LogP contribution in [-0.4, -0.2) is 15.1 Å². The van der Waals surface area contributed by atoms with Gasteiger partial charge in [0, 0.05) is 23.3 Å². The van der Waals surface area contributed by atoms with Crippen molar-refractivity contribution < 1.29 is 5.11 Å².